The predicted octanol–water partition coefficient (Wildman–Crippen LogP) is 3.89. The lowest BCUT2D eigenvalue weighted by atomic mass is 10.1. The lowest BCUT2D eigenvalue weighted by Crippen LogP contribution is -2.18. The first-order valence-electron chi connectivity index (χ1n) is 6.36. The van der Waals surface area contributed by atoms with Crippen molar-refractivity contribution in [3.8, 4) is 11.5 Å². The number of hydrogen-bond acceptors (Lipinski definition) is 3. The monoisotopic (exact) mass is 290 g/mol. The van der Waals surface area contributed by atoms with Gasteiger partial charge in [-0.15, -0.1) is 0 Å². The number of benzene rings is 2. The molecule has 0 unspecified atom stereocenters. The second kappa shape index (κ2) is 6.96. The molecule has 0 bridgehead atoms. The van der Waals surface area contributed by atoms with E-state index in [1.807, 2.05) is 31.2 Å². The highest BCUT2D eigenvalue weighted by Gasteiger charge is 2.08. The van der Waals surface area contributed by atoms with E-state index in [-0.39, 0.29) is 6.61 Å². The zero-order valence-corrected chi connectivity index (χ0v) is 11.9. The van der Waals surface area contributed by atoms with Crippen molar-refractivity contribution in [2.45, 2.75) is 13.3 Å². The van der Waals surface area contributed by atoms with Crippen LogP contribution >= 0.6 is 11.6 Å². The Hall–Kier alpha value is -2.00. The maximum atomic E-state index is 11.7. The Morgan fingerprint density at radius 1 is 1.10 bits per heavy atom. The second-order valence-electron chi connectivity index (χ2n) is 4.18. The van der Waals surface area contributed by atoms with E-state index in [4.69, 9.17) is 21.1 Å². The molecule has 0 aliphatic carbocycles. The van der Waals surface area contributed by atoms with Gasteiger partial charge < -0.3 is 9.47 Å². The van der Waals surface area contributed by atoms with Gasteiger partial charge in [0.25, 0.3) is 0 Å². The van der Waals surface area contributed by atoms with Crippen molar-refractivity contribution >= 4 is 17.6 Å². The van der Waals surface area contributed by atoms with E-state index in [1.54, 1.807) is 24.3 Å². The van der Waals surface area contributed by atoms with Gasteiger partial charge in [0, 0.05) is 5.02 Å². The first-order chi connectivity index (χ1) is 9.69. The highest BCUT2D eigenvalue weighted by atomic mass is 35.5. The number of hydrogen-bond donors (Lipinski definition) is 0. The molecule has 0 aliphatic heterocycles. The number of ether oxygens (including phenoxy) is 2. The van der Waals surface area contributed by atoms with Crippen LogP contribution in [-0.2, 0) is 11.2 Å². The molecule has 0 aliphatic rings. The van der Waals surface area contributed by atoms with Crippen LogP contribution in [0, 0.1) is 0 Å². The van der Waals surface area contributed by atoms with Crippen molar-refractivity contribution in [1.29, 1.82) is 0 Å². The van der Waals surface area contributed by atoms with Crippen LogP contribution in [0.25, 0.3) is 0 Å². The zero-order valence-electron chi connectivity index (χ0n) is 11.1. The van der Waals surface area contributed by atoms with Crippen LogP contribution in [0.15, 0.2) is 48.5 Å². The van der Waals surface area contributed by atoms with E-state index < -0.39 is 5.97 Å². The Balaban J connectivity index is 1.90. The van der Waals surface area contributed by atoms with Crippen LogP contribution in [0.5, 0.6) is 11.5 Å². The zero-order chi connectivity index (χ0) is 14.4. The molecular formula is C16H15ClO3. The van der Waals surface area contributed by atoms with Gasteiger partial charge in [-0.25, -0.2) is 4.79 Å². The minimum atomic E-state index is -0.446. The number of para-hydroxylation sites is 1. The molecule has 2 aromatic carbocycles. The Morgan fingerprint density at radius 3 is 2.50 bits per heavy atom. The smallest absolute Gasteiger partial charge is 0.349 e. The third-order valence-corrected chi connectivity index (χ3v) is 3.00. The number of carbonyl (C=O) groups is 1. The van der Waals surface area contributed by atoms with Crippen LogP contribution in [0.4, 0.5) is 0 Å². The molecule has 20 heavy (non-hydrogen) atoms. The molecule has 0 aromatic heterocycles. The van der Waals surface area contributed by atoms with Crippen molar-refractivity contribution < 1.29 is 14.3 Å². The number of halogens is 1. The van der Waals surface area contributed by atoms with E-state index in [1.165, 1.54) is 0 Å². The predicted molar refractivity (Wildman–Crippen MR) is 78.4 cm³/mol. The number of carbonyl (C=O) groups excluding carboxylic acids is 1. The van der Waals surface area contributed by atoms with Crippen molar-refractivity contribution in [3.63, 3.8) is 0 Å². The Bertz CT molecular complexity index is 579. The lowest BCUT2D eigenvalue weighted by Gasteiger charge is -2.09. The quantitative estimate of drug-likeness (QED) is 0.619. The summed E-state index contributed by atoms with van der Waals surface area (Å²) in [6, 6.07) is 14.2. The largest absolute Gasteiger partial charge is 0.482 e. The van der Waals surface area contributed by atoms with Crippen molar-refractivity contribution in [1.82, 2.24) is 0 Å². The number of rotatable bonds is 5. The maximum Gasteiger partial charge on any atom is 0.349 e. The van der Waals surface area contributed by atoms with Crippen LogP contribution in [-0.4, -0.2) is 12.6 Å². The molecule has 2 rings (SSSR count). The second-order valence-corrected chi connectivity index (χ2v) is 4.61. The van der Waals surface area contributed by atoms with Gasteiger partial charge in [-0.2, -0.15) is 0 Å². The molecule has 0 fully saturated rings. The van der Waals surface area contributed by atoms with Crippen LogP contribution in [0.3, 0.4) is 0 Å². The van der Waals surface area contributed by atoms with Crippen molar-refractivity contribution in [2.24, 2.45) is 0 Å². The van der Waals surface area contributed by atoms with E-state index in [2.05, 4.69) is 0 Å². The summed E-state index contributed by atoms with van der Waals surface area (Å²) in [5.74, 6) is 0.716. The maximum absolute atomic E-state index is 11.7. The Labute approximate surface area is 123 Å². The molecule has 0 amide bonds. The summed E-state index contributed by atoms with van der Waals surface area (Å²) < 4.78 is 10.6. The van der Waals surface area contributed by atoms with Crippen molar-refractivity contribution in [3.05, 3.63) is 59.1 Å². The minimum absolute atomic E-state index is 0.125. The minimum Gasteiger partial charge on any atom is -0.482 e. The van der Waals surface area contributed by atoms with Gasteiger partial charge in [0.05, 0.1) is 0 Å². The van der Waals surface area contributed by atoms with E-state index >= 15 is 0 Å². The fraction of sp³-hybridized carbons (Fsp3) is 0.188. The number of aryl methyl sites for hydroxylation is 1. The molecule has 4 heteroatoms. The van der Waals surface area contributed by atoms with Crippen LogP contribution < -0.4 is 9.47 Å². The fourth-order valence-corrected chi connectivity index (χ4v) is 1.86. The van der Waals surface area contributed by atoms with Gasteiger partial charge in [-0.1, -0.05) is 36.7 Å². The third-order valence-electron chi connectivity index (χ3n) is 2.74. The van der Waals surface area contributed by atoms with Gasteiger partial charge in [0.15, 0.2) is 6.61 Å². The van der Waals surface area contributed by atoms with E-state index in [0.717, 1.165) is 12.0 Å². The summed E-state index contributed by atoms with van der Waals surface area (Å²) in [5.41, 5.74) is 1.06. The van der Waals surface area contributed by atoms with Gasteiger partial charge in [-0.3, -0.25) is 0 Å². The SMILES string of the molecule is CCc1ccccc1OCC(=O)Oc1ccc(Cl)cc1. The number of esters is 1. The fourth-order valence-electron chi connectivity index (χ4n) is 1.74. The molecule has 0 saturated heterocycles. The van der Waals surface area contributed by atoms with Gasteiger partial charge >= 0.3 is 5.97 Å². The van der Waals surface area contributed by atoms with Crippen LogP contribution in [0.2, 0.25) is 5.02 Å². The molecule has 0 radical (unpaired) electrons. The molecule has 0 atom stereocenters. The topological polar surface area (TPSA) is 35.5 Å². The molecule has 0 saturated carbocycles. The normalized spacial score (nSPS) is 10.1. The lowest BCUT2D eigenvalue weighted by molar-refractivity contribution is -0.136. The van der Waals surface area contributed by atoms with E-state index in [0.29, 0.717) is 16.5 Å². The average Bonchev–Trinajstić information content (AvgIpc) is 2.48. The van der Waals surface area contributed by atoms with Crippen LogP contribution in [0.1, 0.15) is 12.5 Å². The first-order valence-corrected chi connectivity index (χ1v) is 6.74. The molecular weight excluding hydrogens is 276 g/mol. The molecule has 2 aromatic rings. The standard InChI is InChI=1S/C16H15ClO3/c1-2-12-5-3-4-6-15(12)19-11-16(18)20-14-9-7-13(17)8-10-14/h3-10H,2,11H2,1H3. The summed E-state index contributed by atoms with van der Waals surface area (Å²) in [4.78, 5) is 11.7. The van der Waals surface area contributed by atoms with Gasteiger partial charge in [0.2, 0.25) is 0 Å². The third kappa shape index (κ3) is 4.00. The average molecular weight is 291 g/mol. The molecule has 104 valence electrons. The Kier molecular flexibility index (Phi) is 5.02. The highest BCUT2D eigenvalue weighted by Crippen LogP contribution is 2.19. The van der Waals surface area contributed by atoms with Gasteiger partial charge in [0.1, 0.15) is 11.5 Å². The summed E-state index contributed by atoms with van der Waals surface area (Å²) in [5, 5.41) is 0.595. The summed E-state index contributed by atoms with van der Waals surface area (Å²) in [7, 11) is 0. The van der Waals surface area contributed by atoms with Crippen molar-refractivity contribution in [2.75, 3.05) is 6.61 Å². The van der Waals surface area contributed by atoms with E-state index in [9.17, 15) is 4.79 Å². The summed E-state index contributed by atoms with van der Waals surface area (Å²) in [6.07, 6.45) is 0.850. The highest BCUT2D eigenvalue weighted by molar-refractivity contribution is 6.30. The molecule has 3 nitrogen and oxygen atoms in total. The molecule has 0 heterocycles. The first kappa shape index (κ1) is 14.4. The summed E-state index contributed by atoms with van der Waals surface area (Å²) in [6.45, 7) is 1.91. The Morgan fingerprint density at radius 2 is 1.80 bits per heavy atom. The van der Waals surface area contributed by atoms with Gasteiger partial charge in [-0.05, 0) is 42.3 Å². The molecule has 0 spiro atoms. The summed E-state index contributed by atoms with van der Waals surface area (Å²) >= 11 is 5.76. The molecule has 0 N–H and O–H groups in total.